The summed E-state index contributed by atoms with van der Waals surface area (Å²) in [4.78, 5) is 38.8. The van der Waals surface area contributed by atoms with Crippen molar-refractivity contribution in [3.05, 3.63) is 72.7 Å². The number of nitrogens with one attached hydrogen (secondary N) is 2. The van der Waals surface area contributed by atoms with Crippen molar-refractivity contribution in [3.8, 4) is 22.8 Å². The summed E-state index contributed by atoms with van der Waals surface area (Å²) in [6.07, 6.45) is 3.58. The zero-order chi connectivity index (χ0) is 28.3. The number of ether oxygens (including phenoxy) is 1. The van der Waals surface area contributed by atoms with Crippen LogP contribution in [0, 0.1) is 0 Å². The number of amides is 2. The van der Waals surface area contributed by atoms with E-state index < -0.39 is 0 Å². The van der Waals surface area contributed by atoms with E-state index in [0.717, 1.165) is 64.8 Å². The molecule has 4 heterocycles. The van der Waals surface area contributed by atoms with E-state index in [1.54, 1.807) is 36.7 Å². The Kier molecular flexibility index (Phi) is 7.64. The number of hydrogen-bond acceptors (Lipinski definition) is 8. The summed E-state index contributed by atoms with van der Waals surface area (Å²) in [5, 5.41) is 5.59. The maximum Gasteiger partial charge on any atom is 0.269 e. The predicted molar refractivity (Wildman–Crippen MR) is 161 cm³/mol. The van der Waals surface area contributed by atoms with Gasteiger partial charge in [-0.2, -0.15) is 0 Å². The predicted octanol–water partition coefficient (Wildman–Crippen LogP) is 4.34. The third kappa shape index (κ3) is 5.92. The van der Waals surface area contributed by atoms with Crippen molar-refractivity contribution in [2.45, 2.75) is 6.92 Å². The number of carbonyl (C=O) groups is 2. The molecule has 0 atom stereocenters. The Bertz CT molecular complexity index is 1700. The summed E-state index contributed by atoms with van der Waals surface area (Å²) in [7, 11) is 1.57. The fourth-order valence-electron chi connectivity index (χ4n) is 4.94. The molecule has 0 unspecified atom stereocenters. The second kappa shape index (κ2) is 11.7. The maximum atomic E-state index is 12.6. The topological polar surface area (TPSA) is 104 Å². The molecular formula is C30H31N7O3S. The van der Waals surface area contributed by atoms with E-state index in [-0.39, 0.29) is 11.8 Å². The van der Waals surface area contributed by atoms with Crippen LogP contribution in [0.4, 0.5) is 5.69 Å². The number of fused-ring (bicyclic) bond motifs is 3. The van der Waals surface area contributed by atoms with Crippen molar-refractivity contribution in [3.63, 3.8) is 0 Å². The van der Waals surface area contributed by atoms with E-state index in [0.29, 0.717) is 23.7 Å². The summed E-state index contributed by atoms with van der Waals surface area (Å²) < 4.78 is 9.11. The van der Waals surface area contributed by atoms with Crippen LogP contribution in [-0.2, 0) is 4.79 Å². The molecule has 3 aromatic heterocycles. The van der Waals surface area contributed by atoms with Crippen molar-refractivity contribution in [2.75, 3.05) is 51.6 Å². The Morgan fingerprint density at radius 3 is 2.49 bits per heavy atom. The number of hydrogen-bond donors (Lipinski definition) is 2. The molecule has 0 radical (unpaired) electrons. The number of benzene rings is 2. The number of piperazine rings is 1. The van der Waals surface area contributed by atoms with Gasteiger partial charge in [0.15, 0.2) is 4.96 Å². The van der Waals surface area contributed by atoms with Crippen LogP contribution in [0.2, 0.25) is 0 Å². The van der Waals surface area contributed by atoms with Crippen LogP contribution >= 0.6 is 11.3 Å². The van der Waals surface area contributed by atoms with E-state index in [9.17, 15) is 9.59 Å². The van der Waals surface area contributed by atoms with Gasteiger partial charge in [-0.25, -0.2) is 4.98 Å². The number of aromatic nitrogens is 3. The highest BCUT2D eigenvalue weighted by atomic mass is 32.1. The quantitative estimate of drug-likeness (QED) is 0.287. The molecule has 6 rings (SSSR count). The molecule has 1 aliphatic rings. The molecular weight excluding hydrogens is 538 g/mol. The molecule has 1 saturated heterocycles. The Morgan fingerprint density at radius 2 is 1.73 bits per heavy atom. The van der Waals surface area contributed by atoms with Gasteiger partial charge in [0.1, 0.15) is 17.2 Å². The van der Waals surface area contributed by atoms with Gasteiger partial charge in [-0.05, 0) is 36.9 Å². The highest BCUT2D eigenvalue weighted by Gasteiger charge is 2.18. The summed E-state index contributed by atoms with van der Waals surface area (Å²) in [6.45, 7) is 7.51. The molecule has 0 spiro atoms. The highest BCUT2D eigenvalue weighted by Crippen LogP contribution is 2.33. The van der Waals surface area contributed by atoms with Gasteiger partial charge in [-0.1, -0.05) is 30.4 Å². The number of rotatable bonds is 8. The minimum atomic E-state index is -0.267. The van der Waals surface area contributed by atoms with Gasteiger partial charge in [-0.15, -0.1) is 0 Å². The van der Waals surface area contributed by atoms with Crippen molar-refractivity contribution in [1.82, 2.24) is 29.5 Å². The molecule has 41 heavy (non-hydrogen) atoms. The third-order valence-corrected chi connectivity index (χ3v) is 8.25. The third-order valence-electron chi connectivity index (χ3n) is 7.24. The first-order valence-corrected chi connectivity index (χ1v) is 14.4. The molecule has 10 nitrogen and oxygen atoms in total. The standard InChI is InChI=1S/C30H31N7O3S/c1-3-35-12-14-36(15-13-35)19-28(38)33-21-6-4-20(5-7-21)25-18-37-26-9-8-22(17-27(26)41-30(37)34-25)40-23-10-11-32-24(16-23)29(39)31-2/h4-11,16-18H,3,12-15,19H2,1-2H3,(H,31,39)(H,33,38). The molecule has 5 aromatic rings. The summed E-state index contributed by atoms with van der Waals surface area (Å²) in [6, 6.07) is 17.0. The van der Waals surface area contributed by atoms with Gasteiger partial charge in [0, 0.05) is 69.0 Å². The van der Waals surface area contributed by atoms with Crippen LogP contribution in [0.15, 0.2) is 67.0 Å². The lowest BCUT2D eigenvalue weighted by Gasteiger charge is -2.33. The minimum absolute atomic E-state index is 0.0100. The van der Waals surface area contributed by atoms with Crippen LogP contribution in [0.3, 0.4) is 0 Å². The van der Waals surface area contributed by atoms with Crippen LogP contribution < -0.4 is 15.4 Å². The van der Waals surface area contributed by atoms with Gasteiger partial charge in [0.25, 0.3) is 5.91 Å². The van der Waals surface area contributed by atoms with Crippen molar-refractivity contribution in [1.29, 1.82) is 0 Å². The molecule has 210 valence electrons. The summed E-state index contributed by atoms with van der Waals surface area (Å²) in [5.41, 5.74) is 3.95. The number of thiazole rings is 1. The molecule has 11 heteroatoms. The molecule has 0 saturated carbocycles. The maximum absolute atomic E-state index is 12.6. The van der Waals surface area contributed by atoms with Gasteiger partial charge < -0.3 is 20.3 Å². The first kappa shape index (κ1) is 26.9. The zero-order valence-corrected chi connectivity index (χ0v) is 23.8. The number of anilines is 1. The fourth-order valence-corrected chi connectivity index (χ4v) is 5.97. The average molecular weight is 570 g/mol. The first-order chi connectivity index (χ1) is 20.0. The van der Waals surface area contributed by atoms with Gasteiger partial charge in [-0.3, -0.25) is 23.9 Å². The number of nitrogens with zero attached hydrogens (tertiary/aromatic N) is 5. The van der Waals surface area contributed by atoms with Crippen molar-refractivity contribution >= 4 is 44.0 Å². The van der Waals surface area contributed by atoms with Crippen LogP contribution in [0.25, 0.3) is 26.4 Å². The van der Waals surface area contributed by atoms with Crippen molar-refractivity contribution in [2.24, 2.45) is 0 Å². The SMILES string of the molecule is CCN1CCN(CC(=O)Nc2ccc(-c3cn4c(n3)sc3cc(Oc5ccnc(C(=O)NC)c5)ccc34)cc2)CC1. The number of pyridine rings is 1. The minimum Gasteiger partial charge on any atom is -0.457 e. The van der Waals surface area contributed by atoms with Crippen molar-refractivity contribution < 1.29 is 14.3 Å². The van der Waals surface area contributed by atoms with Crippen LogP contribution in [-0.4, -0.2) is 82.3 Å². The second-order valence-corrected chi connectivity index (χ2v) is 10.9. The molecule has 0 aliphatic carbocycles. The van der Waals surface area contributed by atoms with Gasteiger partial charge in [0.05, 0.1) is 22.5 Å². The monoisotopic (exact) mass is 569 g/mol. The Morgan fingerprint density at radius 1 is 0.976 bits per heavy atom. The number of likely N-dealkylation sites (N-methyl/N-ethyl adjacent to an activating group) is 1. The first-order valence-electron chi connectivity index (χ1n) is 13.6. The number of imidazole rings is 1. The Hall–Kier alpha value is -4.32. The molecule has 2 amide bonds. The fraction of sp³-hybridized carbons (Fsp3) is 0.267. The molecule has 1 aliphatic heterocycles. The van der Waals surface area contributed by atoms with E-state index in [4.69, 9.17) is 9.72 Å². The lowest BCUT2D eigenvalue weighted by molar-refractivity contribution is -0.117. The molecule has 2 N–H and O–H groups in total. The highest BCUT2D eigenvalue weighted by molar-refractivity contribution is 7.23. The summed E-state index contributed by atoms with van der Waals surface area (Å²) in [5.74, 6) is 0.946. The Labute approximate surface area is 241 Å². The van der Waals surface area contributed by atoms with Crippen LogP contribution in [0.5, 0.6) is 11.5 Å². The van der Waals surface area contributed by atoms with E-state index in [1.807, 2.05) is 48.7 Å². The Balaban J connectivity index is 1.12. The second-order valence-electron chi connectivity index (χ2n) is 9.90. The lowest BCUT2D eigenvalue weighted by Crippen LogP contribution is -2.48. The van der Waals surface area contributed by atoms with E-state index in [1.165, 1.54) is 0 Å². The average Bonchev–Trinajstić information content (AvgIpc) is 3.55. The molecule has 2 aromatic carbocycles. The smallest absolute Gasteiger partial charge is 0.269 e. The number of carbonyl (C=O) groups excluding carboxylic acids is 2. The normalized spacial score (nSPS) is 14.4. The van der Waals surface area contributed by atoms with Gasteiger partial charge in [0.2, 0.25) is 5.91 Å². The molecule has 1 fully saturated rings. The zero-order valence-electron chi connectivity index (χ0n) is 23.0. The summed E-state index contributed by atoms with van der Waals surface area (Å²) >= 11 is 1.57. The van der Waals surface area contributed by atoms with E-state index in [2.05, 4.69) is 36.7 Å². The largest absolute Gasteiger partial charge is 0.457 e. The lowest BCUT2D eigenvalue weighted by atomic mass is 10.1. The molecule has 0 bridgehead atoms. The van der Waals surface area contributed by atoms with Crippen LogP contribution in [0.1, 0.15) is 17.4 Å². The van der Waals surface area contributed by atoms with E-state index >= 15 is 0 Å². The van der Waals surface area contributed by atoms with Gasteiger partial charge >= 0.3 is 0 Å².